The van der Waals surface area contributed by atoms with Crippen molar-refractivity contribution < 1.29 is 0 Å². The van der Waals surface area contributed by atoms with Gasteiger partial charge < -0.3 is 10.2 Å². The van der Waals surface area contributed by atoms with E-state index in [0.717, 1.165) is 13.1 Å². The van der Waals surface area contributed by atoms with Gasteiger partial charge in [-0.2, -0.15) is 0 Å². The minimum atomic E-state index is 0.628. The van der Waals surface area contributed by atoms with Crippen LogP contribution in [0.3, 0.4) is 0 Å². The van der Waals surface area contributed by atoms with Crippen molar-refractivity contribution in [2.24, 2.45) is 0 Å². The summed E-state index contributed by atoms with van der Waals surface area (Å²) in [6.07, 6.45) is 0. The lowest BCUT2D eigenvalue weighted by atomic mass is 9.90. The van der Waals surface area contributed by atoms with E-state index in [2.05, 4.69) is 50.0 Å². The highest BCUT2D eigenvalue weighted by atomic mass is 15.2. The Labute approximate surface area is 111 Å². The minimum Gasteiger partial charge on any atom is -0.314 e. The van der Waals surface area contributed by atoms with Crippen LogP contribution in [-0.4, -0.2) is 37.6 Å². The highest BCUT2D eigenvalue weighted by Crippen LogP contribution is 2.25. The van der Waals surface area contributed by atoms with Gasteiger partial charge in [0.2, 0.25) is 0 Å². The first-order valence-corrected chi connectivity index (χ1v) is 7.08. The summed E-state index contributed by atoms with van der Waals surface area (Å²) in [7, 11) is 0. The summed E-state index contributed by atoms with van der Waals surface area (Å²) in [5.74, 6) is 0.628. The summed E-state index contributed by atoms with van der Waals surface area (Å²) in [6.45, 7) is 14.9. The van der Waals surface area contributed by atoms with Gasteiger partial charge in [-0.1, -0.05) is 24.6 Å². The van der Waals surface area contributed by atoms with Crippen LogP contribution in [-0.2, 0) is 0 Å². The molecule has 1 aliphatic heterocycles. The van der Waals surface area contributed by atoms with E-state index < -0.39 is 0 Å². The minimum absolute atomic E-state index is 0.628. The molecule has 2 heteroatoms. The van der Waals surface area contributed by atoms with E-state index in [4.69, 9.17) is 0 Å². The molecule has 100 valence electrons. The van der Waals surface area contributed by atoms with Crippen molar-refractivity contribution in [1.29, 1.82) is 0 Å². The normalized spacial score (nSPS) is 18.9. The van der Waals surface area contributed by atoms with E-state index in [1.165, 1.54) is 36.3 Å². The van der Waals surface area contributed by atoms with Crippen LogP contribution in [0.15, 0.2) is 12.1 Å². The molecule has 1 unspecified atom stereocenters. The van der Waals surface area contributed by atoms with Crippen LogP contribution in [0.1, 0.15) is 35.1 Å². The second-order valence-electron chi connectivity index (χ2n) is 5.76. The number of benzene rings is 1. The van der Waals surface area contributed by atoms with Crippen molar-refractivity contribution in [3.8, 4) is 0 Å². The average Bonchev–Trinajstić information content (AvgIpc) is 2.28. The number of nitrogens with zero attached hydrogens (tertiary/aromatic N) is 1. The zero-order valence-corrected chi connectivity index (χ0v) is 12.2. The molecule has 2 nitrogen and oxygen atoms in total. The van der Waals surface area contributed by atoms with Crippen molar-refractivity contribution in [1.82, 2.24) is 10.2 Å². The maximum absolute atomic E-state index is 3.42. The number of nitrogens with one attached hydrogen (secondary N) is 1. The molecule has 1 atom stereocenters. The van der Waals surface area contributed by atoms with Gasteiger partial charge in [0.15, 0.2) is 0 Å². The fourth-order valence-electron chi connectivity index (χ4n) is 3.34. The maximum Gasteiger partial charge on any atom is 0.0108 e. The Bertz CT molecular complexity index is 383. The highest BCUT2D eigenvalue weighted by Gasteiger charge is 2.17. The van der Waals surface area contributed by atoms with Crippen LogP contribution in [0.2, 0.25) is 0 Å². The maximum atomic E-state index is 3.42. The lowest BCUT2D eigenvalue weighted by Crippen LogP contribution is -2.44. The van der Waals surface area contributed by atoms with Gasteiger partial charge in [0, 0.05) is 32.7 Å². The molecule has 1 heterocycles. The number of hydrogen-bond acceptors (Lipinski definition) is 2. The van der Waals surface area contributed by atoms with Crippen molar-refractivity contribution in [2.75, 3.05) is 32.7 Å². The smallest absolute Gasteiger partial charge is 0.0108 e. The van der Waals surface area contributed by atoms with E-state index in [0.29, 0.717) is 5.92 Å². The Morgan fingerprint density at radius 1 is 1.11 bits per heavy atom. The fourth-order valence-corrected chi connectivity index (χ4v) is 3.34. The van der Waals surface area contributed by atoms with Crippen LogP contribution in [0.4, 0.5) is 0 Å². The first kappa shape index (κ1) is 13.6. The number of piperazine rings is 1. The molecule has 1 aromatic rings. The van der Waals surface area contributed by atoms with Crippen molar-refractivity contribution >= 4 is 0 Å². The van der Waals surface area contributed by atoms with E-state index in [9.17, 15) is 0 Å². The second-order valence-corrected chi connectivity index (χ2v) is 5.76. The van der Waals surface area contributed by atoms with Gasteiger partial charge >= 0.3 is 0 Å². The monoisotopic (exact) mass is 246 g/mol. The van der Waals surface area contributed by atoms with Crippen LogP contribution in [0.25, 0.3) is 0 Å². The zero-order valence-electron chi connectivity index (χ0n) is 12.2. The summed E-state index contributed by atoms with van der Waals surface area (Å²) in [5, 5.41) is 3.42. The number of rotatable bonds is 3. The molecule has 0 saturated carbocycles. The van der Waals surface area contributed by atoms with Crippen molar-refractivity contribution in [2.45, 2.75) is 33.6 Å². The van der Waals surface area contributed by atoms with Gasteiger partial charge in [-0.15, -0.1) is 0 Å². The Kier molecular flexibility index (Phi) is 4.41. The molecule has 1 aromatic carbocycles. The highest BCUT2D eigenvalue weighted by molar-refractivity contribution is 5.39. The predicted octanol–water partition coefficient (Wildman–Crippen LogP) is 2.62. The first-order valence-electron chi connectivity index (χ1n) is 7.08. The molecule has 0 spiro atoms. The topological polar surface area (TPSA) is 15.3 Å². The third-order valence-corrected chi connectivity index (χ3v) is 3.97. The summed E-state index contributed by atoms with van der Waals surface area (Å²) in [5.41, 5.74) is 5.84. The van der Waals surface area contributed by atoms with Crippen LogP contribution in [0.5, 0.6) is 0 Å². The Morgan fingerprint density at radius 3 is 2.22 bits per heavy atom. The molecule has 1 saturated heterocycles. The standard InChI is InChI=1S/C16H26N2/c1-12-9-13(2)16(14(3)10-12)15(4)11-18-7-5-17-6-8-18/h9-10,15,17H,5-8,11H2,1-4H3. The van der Waals surface area contributed by atoms with Gasteiger partial charge in [-0.25, -0.2) is 0 Å². The molecule has 0 aliphatic carbocycles. The van der Waals surface area contributed by atoms with Gasteiger partial charge in [-0.3, -0.25) is 0 Å². The Balaban J connectivity index is 2.10. The number of hydrogen-bond donors (Lipinski definition) is 1. The molecular formula is C16H26N2. The van der Waals surface area contributed by atoms with Crippen LogP contribution >= 0.6 is 0 Å². The zero-order chi connectivity index (χ0) is 13.1. The molecule has 0 amide bonds. The second kappa shape index (κ2) is 5.85. The molecular weight excluding hydrogens is 220 g/mol. The summed E-state index contributed by atoms with van der Waals surface area (Å²) in [6, 6.07) is 4.63. The number of aryl methyl sites for hydroxylation is 3. The third-order valence-electron chi connectivity index (χ3n) is 3.97. The summed E-state index contributed by atoms with van der Waals surface area (Å²) >= 11 is 0. The Morgan fingerprint density at radius 2 is 1.67 bits per heavy atom. The molecule has 2 rings (SSSR count). The van der Waals surface area contributed by atoms with Gasteiger partial charge in [0.1, 0.15) is 0 Å². The SMILES string of the molecule is Cc1cc(C)c(C(C)CN2CCNCC2)c(C)c1. The molecule has 0 radical (unpaired) electrons. The fraction of sp³-hybridized carbons (Fsp3) is 0.625. The molecule has 18 heavy (non-hydrogen) atoms. The average molecular weight is 246 g/mol. The van der Waals surface area contributed by atoms with E-state index in [1.54, 1.807) is 5.56 Å². The summed E-state index contributed by atoms with van der Waals surface area (Å²) in [4.78, 5) is 2.58. The molecule has 1 aliphatic rings. The van der Waals surface area contributed by atoms with E-state index >= 15 is 0 Å². The summed E-state index contributed by atoms with van der Waals surface area (Å²) < 4.78 is 0. The van der Waals surface area contributed by atoms with E-state index in [1.807, 2.05) is 0 Å². The third kappa shape index (κ3) is 3.12. The molecule has 1 fully saturated rings. The largest absolute Gasteiger partial charge is 0.314 e. The Hall–Kier alpha value is -0.860. The quantitative estimate of drug-likeness (QED) is 0.882. The lowest BCUT2D eigenvalue weighted by Gasteiger charge is -2.30. The van der Waals surface area contributed by atoms with Gasteiger partial charge in [0.25, 0.3) is 0 Å². The van der Waals surface area contributed by atoms with Crippen molar-refractivity contribution in [3.63, 3.8) is 0 Å². The molecule has 0 bridgehead atoms. The molecule has 1 N–H and O–H groups in total. The predicted molar refractivity (Wildman–Crippen MR) is 78.4 cm³/mol. The van der Waals surface area contributed by atoms with Crippen LogP contribution < -0.4 is 5.32 Å². The van der Waals surface area contributed by atoms with E-state index in [-0.39, 0.29) is 0 Å². The lowest BCUT2D eigenvalue weighted by molar-refractivity contribution is 0.230. The first-order chi connectivity index (χ1) is 8.58. The van der Waals surface area contributed by atoms with Gasteiger partial charge in [0.05, 0.1) is 0 Å². The van der Waals surface area contributed by atoms with Crippen LogP contribution in [0, 0.1) is 20.8 Å². The van der Waals surface area contributed by atoms with Crippen molar-refractivity contribution in [3.05, 3.63) is 34.4 Å². The molecule has 0 aromatic heterocycles. The van der Waals surface area contributed by atoms with Gasteiger partial charge in [-0.05, 0) is 43.4 Å².